The maximum Gasteiger partial charge on any atom is 0.401 e. The highest BCUT2D eigenvalue weighted by atomic mass is 19.4. The molecule has 1 aliphatic rings. The minimum Gasteiger partial charge on any atom is -0.391 e. The second kappa shape index (κ2) is 6.75. The Morgan fingerprint density at radius 1 is 1.22 bits per heavy atom. The van der Waals surface area contributed by atoms with E-state index in [0.29, 0.717) is 31.7 Å². The number of rotatable bonds is 5. The highest BCUT2D eigenvalue weighted by molar-refractivity contribution is 4.87. The van der Waals surface area contributed by atoms with Crippen LogP contribution in [0.25, 0.3) is 0 Å². The largest absolute Gasteiger partial charge is 0.401 e. The minimum absolute atomic E-state index is 0.328. The summed E-state index contributed by atoms with van der Waals surface area (Å²) in [6, 6.07) is -0.328. The lowest BCUT2D eigenvalue weighted by molar-refractivity contribution is -0.159. The third kappa shape index (κ3) is 4.76. The molecule has 0 radical (unpaired) electrons. The summed E-state index contributed by atoms with van der Waals surface area (Å²) >= 11 is 0. The normalized spacial score (nSPS) is 29.8. The van der Waals surface area contributed by atoms with Crippen molar-refractivity contribution >= 4 is 0 Å². The first kappa shape index (κ1) is 15.8. The Bertz CT molecular complexity index is 245. The van der Waals surface area contributed by atoms with Crippen LogP contribution in [0.4, 0.5) is 13.2 Å². The van der Waals surface area contributed by atoms with Crippen LogP contribution in [0.5, 0.6) is 0 Å². The van der Waals surface area contributed by atoms with E-state index in [4.69, 9.17) is 0 Å². The van der Waals surface area contributed by atoms with Gasteiger partial charge in [0.25, 0.3) is 0 Å². The average Bonchev–Trinajstić information content (AvgIpc) is 2.27. The Morgan fingerprint density at radius 3 is 2.39 bits per heavy atom. The van der Waals surface area contributed by atoms with Crippen molar-refractivity contribution in [2.75, 3.05) is 13.1 Å². The van der Waals surface area contributed by atoms with Gasteiger partial charge in [-0.2, -0.15) is 13.2 Å². The van der Waals surface area contributed by atoms with Crippen LogP contribution in [0.15, 0.2) is 0 Å². The third-order valence-corrected chi connectivity index (χ3v) is 3.83. The van der Waals surface area contributed by atoms with E-state index in [9.17, 15) is 18.3 Å². The molecular formula is C13H24F3NO. The summed E-state index contributed by atoms with van der Waals surface area (Å²) in [5, 5.41) is 9.97. The van der Waals surface area contributed by atoms with Crippen LogP contribution >= 0.6 is 0 Å². The molecule has 0 spiro atoms. The second-order valence-electron chi connectivity index (χ2n) is 5.31. The first-order chi connectivity index (χ1) is 8.37. The van der Waals surface area contributed by atoms with Gasteiger partial charge in [0.2, 0.25) is 0 Å². The summed E-state index contributed by atoms with van der Waals surface area (Å²) in [5.41, 5.74) is 0. The molecule has 0 amide bonds. The number of halogens is 3. The van der Waals surface area contributed by atoms with Gasteiger partial charge in [-0.15, -0.1) is 0 Å². The number of hydrogen-bond acceptors (Lipinski definition) is 2. The first-order valence-corrected chi connectivity index (χ1v) is 6.86. The van der Waals surface area contributed by atoms with Crippen LogP contribution in [0.1, 0.15) is 46.0 Å². The lowest BCUT2D eigenvalue weighted by Gasteiger charge is -2.40. The molecule has 18 heavy (non-hydrogen) atoms. The smallest absolute Gasteiger partial charge is 0.391 e. The number of aliphatic hydroxyl groups is 1. The fourth-order valence-corrected chi connectivity index (χ4v) is 2.86. The third-order valence-electron chi connectivity index (χ3n) is 3.83. The Hall–Kier alpha value is -0.290. The molecule has 0 heterocycles. The van der Waals surface area contributed by atoms with E-state index >= 15 is 0 Å². The SMILES string of the molecule is CCCN(CC(F)(F)F)C1CC(CC)CCC1O. The van der Waals surface area contributed by atoms with Gasteiger partial charge in [-0.3, -0.25) is 4.90 Å². The van der Waals surface area contributed by atoms with Crippen LogP contribution in [0.3, 0.4) is 0 Å². The highest BCUT2D eigenvalue weighted by Gasteiger charge is 2.38. The molecule has 2 nitrogen and oxygen atoms in total. The van der Waals surface area contributed by atoms with E-state index in [1.807, 2.05) is 6.92 Å². The van der Waals surface area contributed by atoms with Crippen LogP contribution in [-0.4, -0.2) is 41.4 Å². The van der Waals surface area contributed by atoms with Crippen molar-refractivity contribution in [3.05, 3.63) is 0 Å². The molecule has 1 fully saturated rings. The molecule has 0 aromatic heterocycles. The number of nitrogens with zero attached hydrogens (tertiary/aromatic N) is 1. The standard InChI is InChI=1S/C13H24F3NO/c1-3-7-17(9-13(14,15)16)11-8-10(4-2)5-6-12(11)18/h10-12,18H,3-9H2,1-2H3. The van der Waals surface area contributed by atoms with Crippen LogP contribution in [0.2, 0.25) is 0 Å². The van der Waals surface area contributed by atoms with Gasteiger partial charge in [-0.25, -0.2) is 0 Å². The molecule has 0 aromatic rings. The van der Waals surface area contributed by atoms with Crippen LogP contribution in [0, 0.1) is 5.92 Å². The average molecular weight is 267 g/mol. The summed E-state index contributed by atoms with van der Waals surface area (Å²) in [6.07, 6.45) is -0.893. The van der Waals surface area contributed by atoms with Crippen molar-refractivity contribution in [1.29, 1.82) is 0 Å². The van der Waals surface area contributed by atoms with Crippen molar-refractivity contribution in [1.82, 2.24) is 4.90 Å². The van der Waals surface area contributed by atoms with Gasteiger partial charge in [0.1, 0.15) is 0 Å². The van der Waals surface area contributed by atoms with Crippen molar-refractivity contribution in [2.45, 2.75) is 64.3 Å². The van der Waals surface area contributed by atoms with E-state index in [2.05, 4.69) is 6.92 Å². The molecule has 108 valence electrons. The summed E-state index contributed by atoms with van der Waals surface area (Å²) in [4.78, 5) is 1.42. The molecule has 1 N–H and O–H groups in total. The predicted molar refractivity (Wildman–Crippen MR) is 65.3 cm³/mol. The van der Waals surface area contributed by atoms with Crippen LogP contribution in [-0.2, 0) is 0 Å². The predicted octanol–water partition coefficient (Wildman–Crippen LogP) is 3.20. The van der Waals surface area contributed by atoms with Crippen molar-refractivity contribution < 1.29 is 18.3 Å². The number of alkyl halides is 3. The van der Waals surface area contributed by atoms with E-state index in [0.717, 1.165) is 12.8 Å². The summed E-state index contributed by atoms with van der Waals surface area (Å²) < 4.78 is 37.7. The van der Waals surface area contributed by atoms with Crippen molar-refractivity contribution in [2.24, 2.45) is 5.92 Å². The van der Waals surface area contributed by atoms with E-state index < -0.39 is 18.8 Å². The van der Waals surface area contributed by atoms with Gasteiger partial charge in [0, 0.05) is 6.04 Å². The van der Waals surface area contributed by atoms with Gasteiger partial charge in [-0.1, -0.05) is 20.3 Å². The van der Waals surface area contributed by atoms with Crippen molar-refractivity contribution in [3.63, 3.8) is 0 Å². The molecule has 3 unspecified atom stereocenters. The zero-order chi connectivity index (χ0) is 13.8. The summed E-state index contributed by atoms with van der Waals surface area (Å²) in [6.45, 7) is 3.43. The molecule has 1 rings (SSSR count). The molecule has 1 aliphatic carbocycles. The molecule has 5 heteroatoms. The fraction of sp³-hybridized carbons (Fsp3) is 1.00. The lowest BCUT2D eigenvalue weighted by Crippen LogP contribution is -2.50. The molecule has 0 bridgehead atoms. The van der Waals surface area contributed by atoms with Gasteiger partial charge in [0.05, 0.1) is 12.6 Å². The Balaban J connectivity index is 2.69. The Kier molecular flexibility index (Phi) is 5.92. The fourth-order valence-electron chi connectivity index (χ4n) is 2.86. The molecule has 0 saturated heterocycles. The highest BCUT2D eigenvalue weighted by Crippen LogP contribution is 2.31. The van der Waals surface area contributed by atoms with Gasteiger partial charge >= 0.3 is 6.18 Å². The Morgan fingerprint density at radius 2 is 1.89 bits per heavy atom. The lowest BCUT2D eigenvalue weighted by atomic mass is 9.81. The minimum atomic E-state index is -4.19. The first-order valence-electron chi connectivity index (χ1n) is 6.86. The van der Waals surface area contributed by atoms with Gasteiger partial charge in [-0.05, 0) is 38.1 Å². The molecular weight excluding hydrogens is 243 g/mol. The summed E-state index contributed by atoms with van der Waals surface area (Å²) in [7, 11) is 0. The zero-order valence-electron chi connectivity index (χ0n) is 11.2. The number of aliphatic hydroxyl groups excluding tert-OH is 1. The van der Waals surface area contributed by atoms with Gasteiger partial charge < -0.3 is 5.11 Å². The maximum atomic E-state index is 12.6. The zero-order valence-corrected chi connectivity index (χ0v) is 11.2. The molecule has 3 atom stereocenters. The molecule has 0 aromatic carbocycles. The topological polar surface area (TPSA) is 23.5 Å². The summed E-state index contributed by atoms with van der Waals surface area (Å²) in [5.74, 6) is 0.450. The number of hydrogen-bond donors (Lipinski definition) is 1. The second-order valence-corrected chi connectivity index (χ2v) is 5.31. The molecule has 1 saturated carbocycles. The van der Waals surface area contributed by atoms with E-state index in [1.165, 1.54) is 4.90 Å². The van der Waals surface area contributed by atoms with Crippen LogP contribution < -0.4 is 0 Å². The molecule has 0 aliphatic heterocycles. The quantitative estimate of drug-likeness (QED) is 0.827. The van der Waals surface area contributed by atoms with E-state index in [-0.39, 0.29) is 6.04 Å². The van der Waals surface area contributed by atoms with E-state index in [1.54, 1.807) is 0 Å². The Labute approximate surface area is 107 Å². The van der Waals surface area contributed by atoms with Crippen molar-refractivity contribution in [3.8, 4) is 0 Å². The monoisotopic (exact) mass is 267 g/mol. The maximum absolute atomic E-state index is 12.6. The van der Waals surface area contributed by atoms with Gasteiger partial charge in [0.15, 0.2) is 0 Å².